The Morgan fingerprint density at radius 2 is 1.94 bits per heavy atom. The lowest BCUT2D eigenvalue weighted by Crippen LogP contribution is -2.10. The van der Waals surface area contributed by atoms with Gasteiger partial charge in [0, 0.05) is 37.1 Å². The van der Waals surface area contributed by atoms with Crippen LogP contribution in [-0.4, -0.2) is 24.3 Å². The number of aromatic nitrogens is 1. The summed E-state index contributed by atoms with van der Waals surface area (Å²) in [5, 5.41) is 0.397. The number of halogens is 5. The van der Waals surface area contributed by atoms with Gasteiger partial charge < -0.3 is 5.73 Å². The molecule has 32 heavy (non-hydrogen) atoms. The highest BCUT2D eigenvalue weighted by Gasteiger charge is 2.32. The van der Waals surface area contributed by atoms with Gasteiger partial charge >= 0.3 is 6.18 Å². The summed E-state index contributed by atoms with van der Waals surface area (Å²) in [6, 6.07) is 5.71. The van der Waals surface area contributed by atoms with E-state index in [2.05, 4.69) is 23.1 Å². The molecule has 3 nitrogen and oxygen atoms in total. The summed E-state index contributed by atoms with van der Waals surface area (Å²) < 4.78 is 53.1. The van der Waals surface area contributed by atoms with E-state index in [1.807, 2.05) is 6.92 Å². The number of nitrogens with two attached hydrogens (primary N) is 1. The Balaban J connectivity index is 0.000000751. The summed E-state index contributed by atoms with van der Waals surface area (Å²) >= 11 is 5.84. The minimum Gasteiger partial charge on any atom is -0.326 e. The zero-order chi connectivity index (χ0) is 24.3. The quantitative estimate of drug-likeness (QED) is 0.278. The highest BCUT2D eigenvalue weighted by Crippen LogP contribution is 2.36. The maximum Gasteiger partial charge on any atom is 0.416 e. The maximum atomic E-state index is 13.9. The molecule has 0 fully saturated rings. The molecule has 0 aliphatic rings. The second kappa shape index (κ2) is 12.9. The molecule has 172 valence electrons. The SMILES string of the molecule is C=C/C=C(\C=C)CC(c1cc(F)cc(C(F)(F)F)c1)c1ccc(Cl)cn1.CN=C(C)CN. The number of allylic oxidation sites excluding steroid dienone is 4. The number of aliphatic imine (C=N–C) groups is 1. The van der Waals surface area contributed by atoms with E-state index in [1.165, 1.54) is 6.20 Å². The number of rotatable bonds is 7. The average Bonchev–Trinajstić information content (AvgIpc) is 2.76. The molecule has 0 bridgehead atoms. The van der Waals surface area contributed by atoms with Crippen molar-refractivity contribution in [2.75, 3.05) is 13.6 Å². The largest absolute Gasteiger partial charge is 0.416 e. The third-order valence-corrected chi connectivity index (χ3v) is 4.69. The van der Waals surface area contributed by atoms with Crippen molar-refractivity contribution >= 4 is 17.3 Å². The number of alkyl halides is 3. The van der Waals surface area contributed by atoms with E-state index in [0.717, 1.165) is 23.4 Å². The van der Waals surface area contributed by atoms with Crippen molar-refractivity contribution in [2.24, 2.45) is 10.7 Å². The molecule has 2 rings (SSSR count). The van der Waals surface area contributed by atoms with Gasteiger partial charge in [-0.1, -0.05) is 43.0 Å². The molecule has 1 atom stereocenters. The molecule has 1 aromatic carbocycles. The molecule has 8 heteroatoms. The Morgan fingerprint density at radius 3 is 2.38 bits per heavy atom. The van der Waals surface area contributed by atoms with Crippen LogP contribution in [0.3, 0.4) is 0 Å². The van der Waals surface area contributed by atoms with Crippen LogP contribution < -0.4 is 5.73 Å². The summed E-state index contributed by atoms with van der Waals surface area (Å²) in [7, 11) is 1.74. The van der Waals surface area contributed by atoms with Crippen LogP contribution in [0.25, 0.3) is 0 Å². The van der Waals surface area contributed by atoms with E-state index in [9.17, 15) is 17.6 Å². The Kier molecular flexibility index (Phi) is 11.0. The number of hydrogen-bond donors (Lipinski definition) is 1. The van der Waals surface area contributed by atoms with E-state index >= 15 is 0 Å². The van der Waals surface area contributed by atoms with Crippen LogP contribution in [0.2, 0.25) is 5.02 Å². The lowest BCUT2D eigenvalue weighted by Gasteiger charge is -2.19. The summed E-state index contributed by atoms with van der Waals surface area (Å²) in [5.74, 6) is -1.56. The monoisotopic (exact) mass is 467 g/mol. The lowest BCUT2D eigenvalue weighted by molar-refractivity contribution is -0.137. The summed E-state index contributed by atoms with van der Waals surface area (Å²) in [6.07, 6.45) is 1.86. The molecule has 0 spiro atoms. The van der Waals surface area contributed by atoms with Gasteiger partial charge in [-0.05, 0) is 54.8 Å². The standard InChI is InChI=1S/C20H16ClF4N.C4H10N2/c1-3-5-13(4-2)8-18(19-7-6-16(21)12-26-19)14-9-15(20(23,24)25)11-17(22)10-14;1-4(3-5)6-2/h3-7,9-12,18H,1-2,8H2;3,5H2,1-2H3/b13-5+;. The second-order valence-corrected chi connectivity index (χ2v) is 7.21. The molecule has 0 amide bonds. The van der Waals surface area contributed by atoms with E-state index in [1.54, 1.807) is 37.4 Å². The normalized spacial score (nSPS) is 13.1. The van der Waals surface area contributed by atoms with E-state index in [0.29, 0.717) is 23.3 Å². The van der Waals surface area contributed by atoms with Crippen LogP contribution in [0.15, 0.2) is 78.5 Å². The smallest absolute Gasteiger partial charge is 0.326 e. The third-order valence-electron chi connectivity index (χ3n) is 4.47. The van der Waals surface area contributed by atoms with Crippen LogP contribution in [0.1, 0.15) is 36.1 Å². The number of pyridine rings is 1. The van der Waals surface area contributed by atoms with Crippen LogP contribution in [0.5, 0.6) is 0 Å². The fourth-order valence-electron chi connectivity index (χ4n) is 2.66. The summed E-state index contributed by atoms with van der Waals surface area (Å²) in [6.45, 7) is 9.79. The first-order chi connectivity index (χ1) is 15.0. The predicted octanol–water partition coefficient (Wildman–Crippen LogP) is 6.75. The van der Waals surface area contributed by atoms with Crippen LogP contribution >= 0.6 is 11.6 Å². The molecule has 1 heterocycles. The minimum atomic E-state index is -4.65. The topological polar surface area (TPSA) is 51.3 Å². The van der Waals surface area contributed by atoms with E-state index in [4.69, 9.17) is 17.3 Å². The van der Waals surface area contributed by atoms with Gasteiger partial charge in [0.25, 0.3) is 0 Å². The molecule has 0 aliphatic carbocycles. The zero-order valence-corrected chi connectivity index (χ0v) is 18.7. The number of benzene rings is 1. The van der Waals surface area contributed by atoms with Gasteiger partial charge in [-0.25, -0.2) is 4.39 Å². The molecule has 0 aliphatic heterocycles. The van der Waals surface area contributed by atoms with Crippen LogP contribution in [-0.2, 0) is 6.18 Å². The molecule has 2 aromatic rings. The summed E-state index contributed by atoms with van der Waals surface area (Å²) in [5.41, 5.74) is 6.49. The summed E-state index contributed by atoms with van der Waals surface area (Å²) in [4.78, 5) is 8.00. The van der Waals surface area contributed by atoms with Crippen molar-refractivity contribution < 1.29 is 17.6 Å². The Morgan fingerprint density at radius 1 is 1.25 bits per heavy atom. The highest BCUT2D eigenvalue weighted by molar-refractivity contribution is 6.30. The first-order valence-corrected chi connectivity index (χ1v) is 9.99. The Bertz CT molecular complexity index is 964. The van der Waals surface area contributed by atoms with Crippen LogP contribution in [0, 0.1) is 5.82 Å². The minimum absolute atomic E-state index is 0.170. The van der Waals surface area contributed by atoms with Gasteiger partial charge in [0.2, 0.25) is 0 Å². The van der Waals surface area contributed by atoms with Gasteiger partial charge in [-0.3, -0.25) is 9.98 Å². The van der Waals surface area contributed by atoms with Crippen LogP contribution in [0.4, 0.5) is 17.6 Å². The van der Waals surface area contributed by atoms with Crippen molar-refractivity contribution in [3.05, 3.63) is 101 Å². The Labute approximate surface area is 191 Å². The van der Waals surface area contributed by atoms with Crippen molar-refractivity contribution in [1.29, 1.82) is 0 Å². The lowest BCUT2D eigenvalue weighted by atomic mass is 9.87. The molecule has 1 aromatic heterocycles. The fraction of sp³-hybridized carbons (Fsp3) is 0.250. The van der Waals surface area contributed by atoms with Crippen molar-refractivity contribution in [3.63, 3.8) is 0 Å². The first kappa shape index (κ1) is 27.3. The molecule has 0 saturated heterocycles. The first-order valence-electron chi connectivity index (χ1n) is 9.61. The number of hydrogen-bond acceptors (Lipinski definition) is 3. The van der Waals surface area contributed by atoms with Gasteiger partial charge in [0.15, 0.2) is 0 Å². The van der Waals surface area contributed by atoms with E-state index < -0.39 is 23.5 Å². The Hall–Kier alpha value is -2.77. The molecule has 2 N–H and O–H groups in total. The van der Waals surface area contributed by atoms with Crippen molar-refractivity contribution in [3.8, 4) is 0 Å². The highest BCUT2D eigenvalue weighted by atomic mass is 35.5. The number of nitrogens with zero attached hydrogens (tertiary/aromatic N) is 2. The second-order valence-electron chi connectivity index (χ2n) is 6.77. The maximum absolute atomic E-state index is 13.9. The van der Waals surface area contributed by atoms with Gasteiger partial charge in [0.1, 0.15) is 5.82 Å². The molecular weight excluding hydrogens is 442 g/mol. The van der Waals surface area contributed by atoms with Gasteiger partial charge in [-0.15, -0.1) is 0 Å². The zero-order valence-electron chi connectivity index (χ0n) is 18.0. The molecule has 0 saturated carbocycles. The van der Waals surface area contributed by atoms with Gasteiger partial charge in [-0.2, -0.15) is 13.2 Å². The molecule has 1 unspecified atom stereocenters. The molecule has 0 radical (unpaired) electrons. The molecular formula is C24H26ClF4N3. The predicted molar refractivity (Wildman–Crippen MR) is 124 cm³/mol. The van der Waals surface area contributed by atoms with Gasteiger partial charge in [0.05, 0.1) is 10.6 Å². The average molecular weight is 468 g/mol. The van der Waals surface area contributed by atoms with Crippen molar-refractivity contribution in [2.45, 2.75) is 25.4 Å². The van der Waals surface area contributed by atoms with Crippen molar-refractivity contribution in [1.82, 2.24) is 4.98 Å². The third kappa shape index (κ3) is 8.77. The van der Waals surface area contributed by atoms with E-state index in [-0.39, 0.29) is 12.0 Å². The fourth-order valence-corrected chi connectivity index (χ4v) is 2.77.